The molecule has 0 saturated heterocycles. The molecule has 0 amide bonds. The predicted octanol–water partition coefficient (Wildman–Crippen LogP) is 2.77. The Morgan fingerprint density at radius 1 is 1.20 bits per heavy atom. The summed E-state index contributed by atoms with van der Waals surface area (Å²) in [6.07, 6.45) is 0. The van der Waals surface area contributed by atoms with Gasteiger partial charge >= 0.3 is 0 Å². The average Bonchev–Trinajstić information content (AvgIpc) is 2.37. The molecule has 0 unspecified atom stereocenters. The predicted molar refractivity (Wildman–Crippen MR) is 74.6 cm³/mol. The summed E-state index contributed by atoms with van der Waals surface area (Å²) < 4.78 is 39.6. The van der Waals surface area contributed by atoms with E-state index in [4.69, 9.17) is 16.7 Å². The second kappa shape index (κ2) is 5.78. The van der Waals surface area contributed by atoms with Crippen molar-refractivity contribution in [1.29, 1.82) is 0 Å². The average molecular weight is 316 g/mol. The summed E-state index contributed by atoms with van der Waals surface area (Å²) in [4.78, 5) is -0.213. The zero-order valence-corrected chi connectivity index (χ0v) is 11.7. The van der Waals surface area contributed by atoms with Gasteiger partial charge in [0, 0.05) is 5.69 Å². The highest BCUT2D eigenvalue weighted by atomic mass is 35.5. The van der Waals surface area contributed by atoms with Crippen molar-refractivity contribution in [3.63, 3.8) is 0 Å². The van der Waals surface area contributed by atoms with Crippen molar-refractivity contribution in [3.05, 3.63) is 58.9 Å². The van der Waals surface area contributed by atoms with Gasteiger partial charge in [-0.25, -0.2) is 12.8 Å². The van der Waals surface area contributed by atoms with E-state index in [2.05, 4.69) is 4.72 Å². The van der Waals surface area contributed by atoms with E-state index in [1.54, 1.807) is 12.1 Å². The molecule has 0 saturated carbocycles. The van der Waals surface area contributed by atoms with Crippen LogP contribution in [0.1, 0.15) is 5.56 Å². The van der Waals surface area contributed by atoms with Gasteiger partial charge in [0.1, 0.15) is 10.7 Å². The van der Waals surface area contributed by atoms with Gasteiger partial charge in [0.15, 0.2) is 0 Å². The van der Waals surface area contributed by atoms with Crippen LogP contribution in [0.15, 0.2) is 47.4 Å². The SMILES string of the molecule is O=S(=O)(Nc1cccc(CO)c1)c1ccc(F)cc1Cl. The first-order chi connectivity index (χ1) is 9.42. The molecule has 2 aromatic carbocycles. The Bertz CT molecular complexity index is 734. The molecule has 0 aliphatic heterocycles. The van der Waals surface area contributed by atoms with E-state index in [9.17, 15) is 12.8 Å². The Balaban J connectivity index is 2.35. The summed E-state index contributed by atoms with van der Waals surface area (Å²) in [6.45, 7) is -0.202. The van der Waals surface area contributed by atoms with Gasteiger partial charge in [-0.05, 0) is 35.9 Å². The fourth-order valence-corrected chi connectivity index (χ4v) is 3.22. The molecule has 2 rings (SSSR count). The van der Waals surface area contributed by atoms with Crippen LogP contribution >= 0.6 is 11.6 Å². The Labute approximate surface area is 120 Å². The van der Waals surface area contributed by atoms with Gasteiger partial charge in [0.25, 0.3) is 10.0 Å². The highest BCUT2D eigenvalue weighted by Gasteiger charge is 2.18. The lowest BCUT2D eigenvalue weighted by Gasteiger charge is -2.10. The van der Waals surface area contributed by atoms with Crippen LogP contribution in [-0.2, 0) is 16.6 Å². The number of rotatable bonds is 4. The van der Waals surface area contributed by atoms with E-state index in [-0.39, 0.29) is 22.2 Å². The van der Waals surface area contributed by atoms with Gasteiger partial charge in [-0.1, -0.05) is 23.7 Å². The lowest BCUT2D eigenvalue weighted by atomic mass is 10.2. The molecule has 2 N–H and O–H groups in total. The second-order valence-corrected chi connectivity index (χ2v) is 6.10. The summed E-state index contributed by atoms with van der Waals surface area (Å²) in [6, 6.07) is 9.34. The molecule has 0 atom stereocenters. The van der Waals surface area contributed by atoms with Gasteiger partial charge in [-0.3, -0.25) is 4.72 Å². The number of sulfonamides is 1. The normalized spacial score (nSPS) is 11.3. The van der Waals surface area contributed by atoms with Crippen molar-refractivity contribution in [2.75, 3.05) is 4.72 Å². The summed E-state index contributed by atoms with van der Waals surface area (Å²) in [5.41, 5.74) is 0.854. The van der Waals surface area contributed by atoms with Crippen LogP contribution in [0.4, 0.5) is 10.1 Å². The van der Waals surface area contributed by atoms with Crippen molar-refractivity contribution >= 4 is 27.3 Å². The molecular weight excluding hydrogens is 305 g/mol. The standard InChI is InChI=1S/C13H11ClFNO3S/c14-12-7-10(15)4-5-13(12)20(18,19)16-11-3-1-2-9(6-11)8-17/h1-7,16-17H,8H2. The van der Waals surface area contributed by atoms with Crippen molar-refractivity contribution in [3.8, 4) is 0 Å². The smallest absolute Gasteiger partial charge is 0.263 e. The van der Waals surface area contributed by atoms with Crippen LogP contribution in [0.3, 0.4) is 0 Å². The highest BCUT2D eigenvalue weighted by molar-refractivity contribution is 7.92. The fraction of sp³-hybridized carbons (Fsp3) is 0.0769. The molecule has 0 radical (unpaired) electrons. The minimum absolute atomic E-state index is 0.198. The summed E-state index contributed by atoms with van der Waals surface area (Å²) in [5, 5.41) is 8.81. The number of hydrogen-bond acceptors (Lipinski definition) is 3. The number of nitrogens with one attached hydrogen (secondary N) is 1. The van der Waals surface area contributed by atoms with Gasteiger partial charge in [0.05, 0.1) is 11.6 Å². The van der Waals surface area contributed by atoms with Crippen molar-refractivity contribution in [1.82, 2.24) is 0 Å². The lowest BCUT2D eigenvalue weighted by Crippen LogP contribution is -2.13. The maximum absolute atomic E-state index is 12.9. The third-order valence-electron chi connectivity index (χ3n) is 2.55. The van der Waals surface area contributed by atoms with E-state index >= 15 is 0 Å². The largest absolute Gasteiger partial charge is 0.392 e. The Kier molecular flexibility index (Phi) is 4.27. The highest BCUT2D eigenvalue weighted by Crippen LogP contribution is 2.24. The molecule has 0 heterocycles. The van der Waals surface area contributed by atoms with Crippen LogP contribution in [0.5, 0.6) is 0 Å². The molecule has 0 fully saturated rings. The number of benzene rings is 2. The molecule has 0 bridgehead atoms. The minimum atomic E-state index is -3.92. The van der Waals surface area contributed by atoms with E-state index in [0.717, 1.165) is 18.2 Å². The topological polar surface area (TPSA) is 66.4 Å². The van der Waals surface area contributed by atoms with Crippen LogP contribution in [0.25, 0.3) is 0 Å². The summed E-state index contributed by atoms with van der Waals surface area (Å²) >= 11 is 5.74. The number of aliphatic hydroxyl groups excluding tert-OH is 1. The first-order valence-electron chi connectivity index (χ1n) is 5.60. The second-order valence-electron chi connectivity index (χ2n) is 4.04. The van der Waals surface area contributed by atoms with E-state index < -0.39 is 15.8 Å². The zero-order chi connectivity index (χ0) is 14.8. The summed E-state index contributed by atoms with van der Waals surface area (Å²) in [5.74, 6) is -0.615. The number of halogens is 2. The third kappa shape index (κ3) is 3.27. The molecule has 0 spiro atoms. The fourth-order valence-electron chi connectivity index (χ4n) is 1.64. The van der Waals surface area contributed by atoms with Crippen LogP contribution in [-0.4, -0.2) is 13.5 Å². The van der Waals surface area contributed by atoms with E-state index in [1.165, 1.54) is 12.1 Å². The van der Waals surface area contributed by atoms with Gasteiger partial charge in [-0.15, -0.1) is 0 Å². The van der Waals surface area contributed by atoms with Crippen LogP contribution in [0, 0.1) is 5.82 Å². The lowest BCUT2D eigenvalue weighted by molar-refractivity contribution is 0.282. The molecule has 106 valence electrons. The maximum atomic E-state index is 12.9. The maximum Gasteiger partial charge on any atom is 0.263 e. The summed E-state index contributed by atoms with van der Waals surface area (Å²) in [7, 11) is -3.92. The first-order valence-corrected chi connectivity index (χ1v) is 7.46. The third-order valence-corrected chi connectivity index (χ3v) is 4.41. The Morgan fingerprint density at radius 2 is 1.95 bits per heavy atom. The van der Waals surface area contributed by atoms with E-state index in [0.29, 0.717) is 5.56 Å². The Morgan fingerprint density at radius 3 is 2.60 bits per heavy atom. The van der Waals surface area contributed by atoms with Crippen molar-refractivity contribution in [2.24, 2.45) is 0 Å². The molecule has 2 aromatic rings. The van der Waals surface area contributed by atoms with Crippen LogP contribution in [0.2, 0.25) is 5.02 Å². The molecule has 20 heavy (non-hydrogen) atoms. The molecular formula is C13H11ClFNO3S. The van der Waals surface area contributed by atoms with Gasteiger partial charge in [-0.2, -0.15) is 0 Å². The molecule has 4 nitrogen and oxygen atoms in total. The molecule has 7 heteroatoms. The van der Waals surface area contributed by atoms with Crippen molar-refractivity contribution < 1.29 is 17.9 Å². The van der Waals surface area contributed by atoms with Crippen LogP contribution < -0.4 is 4.72 Å². The first kappa shape index (κ1) is 14.8. The Hall–Kier alpha value is -1.63. The minimum Gasteiger partial charge on any atom is -0.392 e. The van der Waals surface area contributed by atoms with Crippen molar-refractivity contribution in [2.45, 2.75) is 11.5 Å². The van der Waals surface area contributed by atoms with Gasteiger partial charge in [0.2, 0.25) is 0 Å². The molecule has 0 aliphatic rings. The number of aliphatic hydroxyl groups is 1. The zero-order valence-electron chi connectivity index (χ0n) is 10.2. The number of anilines is 1. The molecule has 0 aliphatic carbocycles. The van der Waals surface area contributed by atoms with Gasteiger partial charge < -0.3 is 5.11 Å². The monoisotopic (exact) mass is 315 g/mol. The number of hydrogen-bond donors (Lipinski definition) is 2. The quantitative estimate of drug-likeness (QED) is 0.911. The molecule has 0 aromatic heterocycles. The van der Waals surface area contributed by atoms with E-state index in [1.807, 2.05) is 0 Å².